The number of hydrogen-bond acceptors (Lipinski definition) is 5. The zero-order valence-electron chi connectivity index (χ0n) is 13.2. The summed E-state index contributed by atoms with van der Waals surface area (Å²) >= 11 is 5.51. The second kappa shape index (κ2) is 7.55. The monoisotopic (exact) mass is 415 g/mol. The predicted octanol–water partition coefficient (Wildman–Crippen LogP) is 4.41. The van der Waals surface area contributed by atoms with Crippen LogP contribution in [0.15, 0.2) is 6.07 Å². The second-order valence-electron chi connectivity index (χ2n) is 4.85. The summed E-state index contributed by atoms with van der Waals surface area (Å²) < 4.78 is 104. The summed E-state index contributed by atoms with van der Waals surface area (Å²) in [7, 11) is 0. The van der Waals surface area contributed by atoms with Gasteiger partial charge in [0.1, 0.15) is 11.0 Å². The number of hydroxylamine groups is 1. The Bertz CT molecular complexity index is 629. The standard InChI is InChI=1S/C12H12ClF8N4O/c1-3-24(4-2)7-5-6(13)22-9(23-7)25(26)12(20,21)11(18,19)10(16,17)8(14)15/h5,8H,3-4H2,1-2H3/q-1. The van der Waals surface area contributed by atoms with Crippen LogP contribution in [0.1, 0.15) is 13.8 Å². The molecule has 1 rings (SSSR count). The molecule has 14 heteroatoms. The molecule has 0 aliphatic heterocycles. The van der Waals surface area contributed by atoms with Gasteiger partial charge in [-0.1, -0.05) is 11.6 Å². The lowest BCUT2D eigenvalue weighted by atomic mass is 10.1. The number of aromatic nitrogens is 2. The third-order valence-electron chi connectivity index (χ3n) is 3.26. The van der Waals surface area contributed by atoms with Gasteiger partial charge < -0.3 is 15.2 Å². The predicted molar refractivity (Wildman–Crippen MR) is 77.3 cm³/mol. The molecule has 0 unspecified atom stereocenters. The van der Waals surface area contributed by atoms with E-state index in [1.807, 2.05) is 0 Å². The fourth-order valence-electron chi connectivity index (χ4n) is 1.79. The van der Waals surface area contributed by atoms with Crippen LogP contribution in [0.2, 0.25) is 5.15 Å². The highest BCUT2D eigenvalue weighted by Crippen LogP contribution is 2.50. The van der Waals surface area contributed by atoms with Crippen molar-refractivity contribution in [3.05, 3.63) is 16.4 Å². The number of alkyl halides is 8. The largest absolute Gasteiger partial charge is 0.752 e. The minimum atomic E-state index is -6.73. The van der Waals surface area contributed by atoms with Gasteiger partial charge in [0.05, 0.1) is 0 Å². The van der Waals surface area contributed by atoms with Crippen molar-refractivity contribution in [3.8, 4) is 0 Å². The lowest BCUT2D eigenvalue weighted by Gasteiger charge is -2.42. The maximum Gasteiger partial charge on any atom is 0.397 e. The highest BCUT2D eigenvalue weighted by Gasteiger charge is 2.76. The molecule has 1 aromatic heterocycles. The van der Waals surface area contributed by atoms with Gasteiger partial charge in [0.2, 0.25) is 5.95 Å². The fraction of sp³-hybridized carbons (Fsp3) is 0.667. The van der Waals surface area contributed by atoms with Crippen LogP contribution >= 0.6 is 11.6 Å². The Morgan fingerprint density at radius 3 is 2.00 bits per heavy atom. The number of halogens is 9. The zero-order chi connectivity index (χ0) is 20.5. The van der Waals surface area contributed by atoms with Crippen molar-refractivity contribution in [2.45, 2.75) is 38.2 Å². The maximum atomic E-state index is 13.7. The molecule has 1 heterocycles. The molecular weight excluding hydrogens is 404 g/mol. The zero-order valence-corrected chi connectivity index (χ0v) is 13.9. The van der Waals surface area contributed by atoms with Crippen molar-refractivity contribution in [3.63, 3.8) is 0 Å². The van der Waals surface area contributed by atoms with E-state index >= 15 is 0 Å². The van der Waals surface area contributed by atoms with Gasteiger partial charge in [-0.3, -0.25) is 0 Å². The van der Waals surface area contributed by atoms with Gasteiger partial charge in [0, 0.05) is 19.2 Å². The summed E-state index contributed by atoms with van der Waals surface area (Å²) in [5.74, 6) is -15.1. The van der Waals surface area contributed by atoms with Crippen molar-refractivity contribution in [2.75, 3.05) is 23.1 Å². The van der Waals surface area contributed by atoms with E-state index in [0.29, 0.717) is 0 Å². The number of nitrogens with zero attached hydrogens (tertiary/aromatic N) is 4. The van der Waals surface area contributed by atoms with Gasteiger partial charge in [-0.2, -0.15) is 31.3 Å². The molecule has 0 fully saturated rings. The third-order valence-corrected chi connectivity index (χ3v) is 3.46. The summed E-state index contributed by atoms with van der Waals surface area (Å²) in [4.78, 5) is 7.62. The van der Waals surface area contributed by atoms with E-state index in [0.717, 1.165) is 6.07 Å². The lowest BCUT2D eigenvalue weighted by Crippen LogP contribution is -2.63. The maximum absolute atomic E-state index is 13.7. The first-order valence-corrected chi connectivity index (χ1v) is 7.30. The Kier molecular flexibility index (Phi) is 6.50. The summed E-state index contributed by atoms with van der Waals surface area (Å²) in [6.45, 7) is 3.66. The van der Waals surface area contributed by atoms with Gasteiger partial charge in [-0.15, -0.1) is 0 Å². The van der Waals surface area contributed by atoms with Crippen LogP contribution in [0.25, 0.3) is 0 Å². The minimum absolute atomic E-state index is 0.231. The Morgan fingerprint density at radius 2 is 1.58 bits per heavy atom. The van der Waals surface area contributed by atoms with Gasteiger partial charge in [-0.05, 0) is 13.8 Å². The number of anilines is 2. The Hall–Kier alpha value is -1.63. The summed E-state index contributed by atoms with van der Waals surface area (Å²) in [5.41, 5.74) is 0. The third kappa shape index (κ3) is 3.72. The molecule has 0 saturated carbocycles. The minimum Gasteiger partial charge on any atom is -0.752 e. The van der Waals surface area contributed by atoms with Gasteiger partial charge >= 0.3 is 24.3 Å². The van der Waals surface area contributed by atoms with E-state index in [-0.39, 0.29) is 18.9 Å². The molecule has 0 spiro atoms. The van der Waals surface area contributed by atoms with Crippen LogP contribution in [0.5, 0.6) is 0 Å². The summed E-state index contributed by atoms with van der Waals surface area (Å²) in [5, 5.41) is 9.01. The first-order chi connectivity index (χ1) is 11.7. The lowest BCUT2D eigenvalue weighted by molar-refractivity contribution is -0.336. The quantitative estimate of drug-likeness (QED) is 0.272. The molecule has 1 aromatic rings. The van der Waals surface area contributed by atoms with Crippen LogP contribution < -0.4 is 9.96 Å². The molecule has 26 heavy (non-hydrogen) atoms. The van der Waals surface area contributed by atoms with Gasteiger partial charge in [0.15, 0.2) is 0 Å². The molecule has 0 N–H and O–H groups in total. The molecule has 150 valence electrons. The molecular formula is C12H12ClF8N4O-. The average Bonchev–Trinajstić information content (AvgIpc) is 2.54. The fourth-order valence-corrected chi connectivity index (χ4v) is 1.96. The Labute approximate surface area is 147 Å². The summed E-state index contributed by atoms with van der Waals surface area (Å²) in [6.07, 6.45) is -5.15. The Balaban J connectivity index is 3.40. The van der Waals surface area contributed by atoms with Crippen LogP contribution in [0.4, 0.5) is 46.9 Å². The van der Waals surface area contributed by atoms with Crippen LogP contribution in [-0.2, 0) is 0 Å². The first kappa shape index (κ1) is 22.4. The van der Waals surface area contributed by atoms with Crippen molar-refractivity contribution < 1.29 is 35.1 Å². The SMILES string of the molecule is CCN(CC)c1cc(Cl)nc(N([O-])C(F)(F)C(F)(F)C(F)(F)C(F)F)n1. The van der Waals surface area contributed by atoms with E-state index in [4.69, 9.17) is 11.6 Å². The van der Waals surface area contributed by atoms with Crippen molar-refractivity contribution >= 4 is 23.4 Å². The van der Waals surface area contributed by atoms with E-state index in [1.165, 1.54) is 4.90 Å². The average molecular weight is 416 g/mol. The van der Waals surface area contributed by atoms with E-state index in [9.17, 15) is 40.3 Å². The van der Waals surface area contributed by atoms with E-state index in [1.54, 1.807) is 13.8 Å². The van der Waals surface area contributed by atoms with Gasteiger partial charge in [-0.25, -0.2) is 13.8 Å². The molecule has 0 amide bonds. The topological polar surface area (TPSA) is 55.3 Å². The first-order valence-electron chi connectivity index (χ1n) is 6.92. The van der Waals surface area contributed by atoms with E-state index < -0.39 is 40.5 Å². The second-order valence-corrected chi connectivity index (χ2v) is 5.24. The molecule has 0 saturated heterocycles. The van der Waals surface area contributed by atoms with Gasteiger partial charge in [0.25, 0.3) is 0 Å². The van der Waals surface area contributed by atoms with Crippen molar-refractivity contribution in [1.82, 2.24) is 9.97 Å². The smallest absolute Gasteiger partial charge is 0.397 e. The van der Waals surface area contributed by atoms with E-state index in [2.05, 4.69) is 9.97 Å². The molecule has 0 aliphatic rings. The molecule has 0 aromatic carbocycles. The molecule has 0 aliphatic carbocycles. The van der Waals surface area contributed by atoms with Crippen LogP contribution in [0.3, 0.4) is 0 Å². The van der Waals surface area contributed by atoms with Crippen molar-refractivity contribution in [1.29, 1.82) is 0 Å². The Morgan fingerprint density at radius 1 is 1.08 bits per heavy atom. The van der Waals surface area contributed by atoms with Crippen LogP contribution in [0, 0.1) is 5.21 Å². The van der Waals surface area contributed by atoms with Crippen LogP contribution in [-0.4, -0.2) is 47.4 Å². The molecule has 0 bridgehead atoms. The molecule has 0 radical (unpaired) electrons. The highest BCUT2D eigenvalue weighted by molar-refractivity contribution is 6.29. The summed E-state index contributed by atoms with van der Waals surface area (Å²) in [6, 6.07) is -5.28. The highest BCUT2D eigenvalue weighted by atomic mass is 35.5. The number of hydrogen-bond donors (Lipinski definition) is 0. The normalized spacial score (nSPS) is 13.3. The molecule has 5 nitrogen and oxygen atoms in total. The van der Waals surface area contributed by atoms with Crippen molar-refractivity contribution in [2.24, 2.45) is 0 Å². The number of rotatable bonds is 8. The molecule has 0 atom stereocenters.